The summed E-state index contributed by atoms with van der Waals surface area (Å²) in [5.41, 5.74) is 3.22. The van der Waals surface area contributed by atoms with E-state index in [-0.39, 0.29) is 6.10 Å². The summed E-state index contributed by atoms with van der Waals surface area (Å²) in [6.45, 7) is 2.03. The average Bonchev–Trinajstić information content (AvgIpc) is 2.83. The molecule has 2 heterocycles. The predicted octanol–water partition coefficient (Wildman–Crippen LogP) is 3.61. The van der Waals surface area contributed by atoms with Gasteiger partial charge in [0.25, 0.3) is 0 Å². The van der Waals surface area contributed by atoms with Crippen LogP contribution in [0.2, 0.25) is 0 Å². The molecule has 1 aliphatic heterocycles. The Bertz CT molecular complexity index is 519. The number of hydrogen-bond acceptors (Lipinski definition) is 3. The van der Waals surface area contributed by atoms with E-state index in [0.717, 1.165) is 22.4 Å². The molecule has 2 nitrogen and oxygen atoms in total. The normalized spacial score (nSPS) is 22.9. The minimum absolute atomic E-state index is 0.0218. The zero-order valence-corrected chi connectivity index (χ0v) is 10.4. The molecule has 17 heavy (non-hydrogen) atoms. The van der Waals surface area contributed by atoms with Gasteiger partial charge in [0.2, 0.25) is 0 Å². The van der Waals surface area contributed by atoms with Crippen LogP contribution in [0.3, 0.4) is 0 Å². The molecule has 88 valence electrons. The maximum atomic E-state index is 10.2. The Balaban J connectivity index is 1.96. The first-order chi connectivity index (χ1) is 8.24. The predicted molar refractivity (Wildman–Crippen MR) is 68.4 cm³/mol. The number of aryl methyl sites for hydroxylation is 1. The lowest BCUT2D eigenvalue weighted by atomic mass is 9.95. The number of fused-ring (bicyclic) bond motifs is 1. The van der Waals surface area contributed by atoms with Crippen LogP contribution in [0.15, 0.2) is 35.0 Å². The van der Waals surface area contributed by atoms with E-state index in [0.29, 0.717) is 6.42 Å². The molecule has 0 saturated heterocycles. The zero-order chi connectivity index (χ0) is 11.8. The van der Waals surface area contributed by atoms with Gasteiger partial charge in [0.05, 0.1) is 6.10 Å². The lowest BCUT2D eigenvalue weighted by molar-refractivity contribution is 0.0659. The molecule has 1 unspecified atom stereocenters. The fraction of sp³-hybridized carbons (Fsp3) is 0.286. The van der Waals surface area contributed by atoms with Crippen molar-refractivity contribution in [1.82, 2.24) is 0 Å². The highest BCUT2D eigenvalue weighted by atomic mass is 32.1. The van der Waals surface area contributed by atoms with Crippen molar-refractivity contribution >= 4 is 11.3 Å². The molecular formula is C14H14O2S. The third kappa shape index (κ3) is 1.96. The van der Waals surface area contributed by atoms with E-state index in [1.807, 2.05) is 30.5 Å². The molecule has 2 atom stereocenters. The lowest BCUT2D eigenvalue weighted by Crippen LogP contribution is -2.18. The summed E-state index contributed by atoms with van der Waals surface area (Å²) < 4.78 is 5.95. The van der Waals surface area contributed by atoms with E-state index in [9.17, 15) is 5.11 Å². The summed E-state index contributed by atoms with van der Waals surface area (Å²) in [6, 6.07) is 8.03. The van der Waals surface area contributed by atoms with Crippen molar-refractivity contribution in [3.05, 3.63) is 51.7 Å². The maximum Gasteiger partial charge on any atom is 0.127 e. The Morgan fingerprint density at radius 1 is 1.35 bits per heavy atom. The first-order valence-corrected chi connectivity index (χ1v) is 6.65. The summed E-state index contributed by atoms with van der Waals surface area (Å²) >= 11 is 1.66. The highest BCUT2D eigenvalue weighted by Gasteiger charge is 2.28. The summed E-state index contributed by atoms with van der Waals surface area (Å²) in [5.74, 6) is 0.811. The first-order valence-electron chi connectivity index (χ1n) is 5.71. The molecule has 0 amide bonds. The smallest absolute Gasteiger partial charge is 0.127 e. The summed E-state index contributed by atoms with van der Waals surface area (Å²) in [6.07, 6.45) is 0.183. The lowest BCUT2D eigenvalue weighted by Gasteiger charge is -2.29. The van der Waals surface area contributed by atoms with E-state index in [2.05, 4.69) is 11.4 Å². The van der Waals surface area contributed by atoms with Gasteiger partial charge in [0.1, 0.15) is 11.9 Å². The summed E-state index contributed by atoms with van der Waals surface area (Å²) in [7, 11) is 0. The van der Waals surface area contributed by atoms with Gasteiger partial charge in [0.15, 0.2) is 0 Å². The molecule has 2 aromatic rings. The van der Waals surface area contributed by atoms with Crippen molar-refractivity contribution in [2.75, 3.05) is 0 Å². The molecule has 1 N–H and O–H groups in total. The van der Waals surface area contributed by atoms with E-state index >= 15 is 0 Å². The van der Waals surface area contributed by atoms with Crippen LogP contribution < -0.4 is 4.74 Å². The molecule has 3 heteroatoms. The molecule has 0 aliphatic carbocycles. The Hall–Kier alpha value is -1.32. The zero-order valence-electron chi connectivity index (χ0n) is 9.59. The van der Waals surface area contributed by atoms with E-state index < -0.39 is 6.10 Å². The number of benzene rings is 1. The average molecular weight is 246 g/mol. The molecule has 1 aromatic carbocycles. The number of thiophene rings is 1. The van der Waals surface area contributed by atoms with Crippen LogP contribution in [0.25, 0.3) is 0 Å². The maximum absolute atomic E-state index is 10.2. The molecule has 0 spiro atoms. The van der Waals surface area contributed by atoms with Crippen molar-refractivity contribution < 1.29 is 9.84 Å². The molecule has 0 bridgehead atoms. The second-order valence-corrected chi connectivity index (χ2v) is 5.24. The van der Waals surface area contributed by atoms with Gasteiger partial charge in [-0.3, -0.25) is 0 Å². The van der Waals surface area contributed by atoms with Gasteiger partial charge in [0, 0.05) is 17.5 Å². The van der Waals surface area contributed by atoms with E-state index in [4.69, 9.17) is 4.74 Å². The second kappa shape index (κ2) is 4.17. The minimum atomic E-state index is -0.427. The highest BCUT2D eigenvalue weighted by molar-refractivity contribution is 7.07. The van der Waals surface area contributed by atoms with Gasteiger partial charge in [-0.05, 0) is 35.9 Å². The Morgan fingerprint density at radius 2 is 2.24 bits per heavy atom. The van der Waals surface area contributed by atoms with Crippen LogP contribution in [0, 0.1) is 6.92 Å². The SMILES string of the molecule is Cc1ccc2c(c1)[C@H](O)CC(c1ccsc1)O2. The molecule has 1 aliphatic rings. The highest BCUT2D eigenvalue weighted by Crippen LogP contribution is 2.41. The van der Waals surface area contributed by atoms with Gasteiger partial charge in [-0.15, -0.1) is 0 Å². The number of aliphatic hydroxyl groups excluding tert-OH is 1. The molecule has 0 radical (unpaired) electrons. The van der Waals surface area contributed by atoms with Gasteiger partial charge >= 0.3 is 0 Å². The van der Waals surface area contributed by atoms with Crippen LogP contribution in [-0.4, -0.2) is 5.11 Å². The Kier molecular flexibility index (Phi) is 2.65. The molecule has 1 aromatic heterocycles. The molecular weight excluding hydrogens is 232 g/mol. The quantitative estimate of drug-likeness (QED) is 0.832. The molecule has 0 saturated carbocycles. The fourth-order valence-electron chi connectivity index (χ4n) is 2.23. The van der Waals surface area contributed by atoms with Gasteiger partial charge in [-0.2, -0.15) is 11.3 Å². The monoisotopic (exact) mass is 246 g/mol. The van der Waals surface area contributed by atoms with E-state index in [1.54, 1.807) is 11.3 Å². The summed E-state index contributed by atoms with van der Waals surface area (Å²) in [5, 5.41) is 14.3. The minimum Gasteiger partial charge on any atom is -0.485 e. The first kappa shape index (κ1) is 10.8. The second-order valence-electron chi connectivity index (χ2n) is 4.46. The number of ether oxygens (including phenoxy) is 1. The van der Waals surface area contributed by atoms with Gasteiger partial charge in [-0.1, -0.05) is 11.6 Å². The van der Waals surface area contributed by atoms with Gasteiger partial charge < -0.3 is 9.84 Å². The largest absolute Gasteiger partial charge is 0.485 e. The van der Waals surface area contributed by atoms with Crippen molar-refractivity contribution in [1.29, 1.82) is 0 Å². The Labute approximate surface area is 104 Å². The fourth-order valence-corrected chi connectivity index (χ4v) is 2.93. The number of aliphatic hydroxyl groups is 1. The third-order valence-electron chi connectivity index (χ3n) is 3.15. The third-order valence-corrected chi connectivity index (χ3v) is 3.85. The van der Waals surface area contributed by atoms with Crippen LogP contribution >= 0.6 is 11.3 Å². The number of hydrogen-bond donors (Lipinski definition) is 1. The van der Waals surface area contributed by atoms with Crippen LogP contribution in [0.1, 0.15) is 35.3 Å². The van der Waals surface area contributed by atoms with E-state index in [1.165, 1.54) is 0 Å². The van der Waals surface area contributed by atoms with Gasteiger partial charge in [-0.25, -0.2) is 0 Å². The van der Waals surface area contributed by atoms with Crippen molar-refractivity contribution in [2.24, 2.45) is 0 Å². The van der Waals surface area contributed by atoms with Crippen LogP contribution in [-0.2, 0) is 0 Å². The Morgan fingerprint density at radius 3 is 3.00 bits per heavy atom. The molecule has 3 rings (SSSR count). The van der Waals surface area contributed by atoms with Crippen molar-refractivity contribution in [2.45, 2.75) is 25.6 Å². The van der Waals surface area contributed by atoms with Crippen molar-refractivity contribution in [3.63, 3.8) is 0 Å². The topological polar surface area (TPSA) is 29.5 Å². The van der Waals surface area contributed by atoms with Crippen LogP contribution in [0.4, 0.5) is 0 Å². The van der Waals surface area contributed by atoms with Crippen molar-refractivity contribution in [3.8, 4) is 5.75 Å². The summed E-state index contributed by atoms with van der Waals surface area (Å²) in [4.78, 5) is 0. The molecule has 0 fully saturated rings. The van der Waals surface area contributed by atoms with Crippen LogP contribution in [0.5, 0.6) is 5.75 Å². The standard InChI is InChI=1S/C14H14O2S/c1-9-2-3-13-11(6-9)12(15)7-14(16-13)10-4-5-17-8-10/h2-6,8,12,14-15H,7H2,1H3/t12-,14?/m1/s1. The number of rotatable bonds is 1.